The summed E-state index contributed by atoms with van der Waals surface area (Å²) in [6.45, 7) is 0.391. The zero-order chi connectivity index (χ0) is 24.9. The van der Waals surface area contributed by atoms with Gasteiger partial charge in [0.05, 0.1) is 17.7 Å². The predicted octanol–water partition coefficient (Wildman–Crippen LogP) is 4.53. The zero-order valence-electron chi connectivity index (χ0n) is 17.7. The smallest absolute Gasteiger partial charge is 0.416 e. The largest absolute Gasteiger partial charge is 0.506 e. The Bertz CT molecular complexity index is 1250. The molecule has 0 aliphatic heterocycles. The van der Waals surface area contributed by atoms with Gasteiger partial charge in [0.2, 0.25) is 0 Å². The first-order chi connectivity index (χ1) is 16.1. The van der Waals surface area contributed by atoms with Crippen LogP contribution in [-0.2, 0) is 11.0 Å². The van der Waals surface area contributed by atoms with E-state index in [4.69, 9.17) is 9.84 Å². The Morgan fingerprint density at radius 3 is 2.38 bits per heavy atom. The Balaban J connectivity index is 1.66. The lowest BCUT2D eigenvalue weighted by Gasteiger charge is -2.11. The second kappa shape index (κ2) is 10.3. The summed E-state index contributed by atoms with van der Waals surface area (Å²) in [5.74, 6) is -1.99. The normalized spacial score (nSPS) is 11.4. The molecule has 1 heterocycles. The van der Waals surface area contributed by atoms with E-state index in [9.17, 15) is 32.7 Å². The standard InChI is InChI=1S/C23H21F3N2O6/c24-23(25,26)13-5-10-16-17(12-13)28-22(33)19(20(16)31)21(32)27-14-6-8-15(9-7-14)34-11-3-1-2-4-18(29)30/h5-10,12H,1-4,11H2,(H,27,32)(H,29,30)(H2,28,31,33). The third kappa shape index (κ3) is 6.06. The molecule has 8 nitrogen and oxygen atoms in total. The van der Waals surface area contributed by atoms with Crippen molar-refractivity contribution in [1.82, 2.24) is 4.98 Å². The van der Waals surface area contributed by atoms with E-state index in [2.05, 4.69) is 10.3 Å². The van der Waals surface area contributed by atoms with Gasteiger partial charge in [0.15, 0.2) is 0 Å². The van der Waals surface area contributed by atoms with Crippen molar-refractivity contribution in [2.75, 3.05) is 11.9 Å². The van der Waals surface area contributed by atoms with Gasteiger partial charge in [-0.05, 0) is 61.7 Å². The monoisotopic (exact) mass is 478 g/mol. The summed E-state index contributed by atoms with van der Waals surface area (Å²) in [4.78, 5) is 37.6. The molecule has 0 fully saturated rings. The first-order valence-corrected chi connectivity index (χ1v) is 10.3. The predicted molar refractivity (Wildman–Crippen MR) is 117 cm³/mol. The maximum Gasteiger partial charge on any atom is 0.416 e. The van der Waals surface area contributed by atoms with Crippen LogP contribution in [0.5, 0.6) is 11.5 Å². The highest BCUT2D eigenvalue weighted by Crippen LogP contribution is 2.33. The van der Waals surface area contributed by atoms with Crippen molar-refractivity contribution in [2.45, 2.75) is 31.9 Å². The molecule has 0 saturated heterocycles. The number of unbranched alkanes of at least 4 members (excludes halogenated alkanes) is 2. The number of aromatic nitrogens is 1. The minimum atomic E-state index is -4.63. The van der Waals surface area contributed by atoms with Crippen molar-refractivity contribution in [2.24, 2.45) is 0 Å². The number of aromatic amines is 1. The molecule has 3 aromatic rings. The molecule has 0 bridgehead atoms. The molecule has 0 spiro atoms. The van der Waals surface area contributed by atoms with E-state index in [0.29, 0.717) is 43.4 Å². The number of alkyl halides is 3. The number of carboxylic acids is 1. The molecule has 0 saturated carbocycles. The number of pyridine rings is 1. The summed E-state index contributed by atoms with van der Waals surface area (Å²) >= 11 is 0. The third-order valence-electron chi connectivity index (χ3n) is 4.96. The van der Waals surface area contributed by atoms with Crippen molar-refractivity contribution in [3.05, 3.63) is 63.9 Å². The number of hydrogen-bond donors (Lipinski definition) is 4. The van der Waals surface area contributed by atoms with Crippen LogP contribution in [0.4, 0.5) is 18.9 Å². The zero-order valence-corrected chi connectivity index (χ0v) is 17.7. The molecule has 3 rings (SSSR count). The summed E-state index contributed by atoms with van der Waals surface area (Å²) < 4.78 is 44.2. The van der Waals surface area contributed by atoms with Crippen molar-refractivity contribution in [1.29, 1.82) is 0 Å². The van der Waals surface area contributed by atoms with E-state index >= 15 is 0 Å². The van der Waals surface area contributed by atoms with Gasteiger partial charge < -0.3 is 25.3 Å². The number of aliphatic carboxylic acids is 1. The lowest BCUT2D eigenvalue weighted by Crippen LogP contribution is -2.23. The number of benzene rings is 2. The quantitative estimate of drug-likeness (QED) is 0.335. The van der Waals surface area contributed by atoms with E-state index in [1.807, 2.05) is 0 Å². The Morgan fingerprint density at radius 1 is 1.03 bits per heavy atom. The van der Waals surface area contributed by atoms with Crippen LogP contribution in [0.25, 0.3) is 10.9 Å². The highest BCUT2D eigenvalue weighted by molar-refractivity contribution is 6.09. The van der Waals surface area contributed by atoms with Crippen molar-refractivity contribution < 1.29 is 37.7 Å². The minimum absolute atomic E-state index is 0.107. The lowest BCUT2D eigenvalue weighted by molar-refractivity contribution is -0.138. The molecule has 0 radical (unpaired) electrons. The molecular formula is C23H21F3N2O6. The molecule has 11 heteroatoms. The number of nitrogens with one attached hydrogen (secondary N) is 2. The lowest BCUT2D eigenvalue weighted by atomic mass is 10.1. The maximum atomic E-state index is 12.9. The minimum Gasteiger partial charge on any atom is -0.506 e. The van der Waals surface area contributed by atoms with Crippen LogP contribution in [0.2, 0.25) is 0 Å². The SMILES string of the molecule is O=C(O)CCCCCOc1ccc(NC(=O)c2c(O)c3ccc(C(F)(F)F)cc3[nH]c2=O)cc1. The second-order valence-corrected chi connectivity index (χ2v) is 7.47. The topological polar surface area (TPSA) is 129 Å². The molecule has 0 atom stereocenters. The Hall–Kier alpha value is -4.02. The van der Waals surface area contributed by atoms with Gasteiger partial charge in [0.1, 0.15) is 17.1 Å². The molecule has 0 unspecified atom stereocenters. The molecule has 4 N–H and O–H groups in total. The van der Waals surface area contributed by atoms with Crippen molar-refractivity contribution in [3.63, 3.8) is 0 Å². The summed E-state index contributed by atoms with van der Waals surface area (Å²) in [6.07, 6.45) is -2.57. The van der Waals surface area contributed by atoms with Crippen molar-refractivity contribution >= 4 is 28.5 Å². The first kappa shape index (κ1) is 24.6. The van der Waals surface area contributed by atoms with Gasteiger partial charge in [0, 0.05) is 17.5 Å². The van der Waals surface area contributed by atoms with E-state index in [-0.39, 0.29) is 17.3 Å². The van der Waals surface area contributed by atoms with Crippen LogP contribution in [0, 0.1) is 0 Å². The third-order valence-corrected chi connectivity index (χ3v) is 4.96. The fraction of sp³-hybridized carbons (Fsp3) is 0.261. The number of anilines is 1. The first-order valence-electron chi connectivity index (χ1n) is 10.3. The molecule has 0 aliphatic carbocycles. The molecule has 2 aromatic carbocycles. The summed E-state index contributed by atoms with van der Waals surface area (Å²) in [7, 11) is 0. The van der Waals surface area contributed by atoms with Crippen LogP contribution >= 0.6 is 0 Å². The molecule has 1 amide bonds. The van der Waals surface area contributed by atoms with E-state index in [1.54, 1.807) is 12.1 Å². The van der Waals surface area contributed by atoms with Crippen LogP contribution < -0.4 is 15.6 Å². The van der Waals surface area contributed by atoms with Gasteiger partial charge in [-0.25, -0.2) is 0 Å². The number of H-pyrrole nitrogens is 1. The number of rotatable bonds is 9. The number of fused-ring (bicyclic) bond motifs is 1. The van der Waals surface area contributed by atoms with Crippen LogP contribution in [0.3, 0.4) is 0 Å². The number of carboxylic acid groups (broad SMARTS) is 1. The highest BCUT2D eigenvalue weighted by atomic mass is 19.4. The number of hydrogen-bond acceptors (Lipinski definition) is 5. The van der Waals surface area contributed by atoms with E-state index in [1.165, 1.54) is 12.1 Å². The van der Waals surface area contributed by atoms with E-state index < -0.39 is 40.5 Å². The highest BCUT2D eigenvalue weighted by Gasteiger charge is 2.31. The van der Waals surface area contributed by atoms with Gasteiger partial charge in [-0.1, -0.05) is 0 Å². The number of aromatic hydroxyl groups is 1. The van der Waals surface area contributed by atoms with Gasteiger partial charge in [-0.15, -0.1) is 0 Å². The average molecular weight is 478 g/mol. The molecule has 0 aliphatic rings. The number of amides is 1. The van der Waals surface area contributed by atoms with Gasteiger partial charge in [0.25, 0.3) is 11.5 Å². The van der Waals surface area contributed by atoms with Crippen LogP contribution in [-0.4, -0.2) is 33.7 Å². The van der Waals surface area contributed by atoms with Gasteiger partial charge in [-0.3, -0.25) is 14.4 Å². The molecular weight excluding hydrogens is 457 g/mol. The number of carbonyl (C=O) groups is 2. The van der Waals surface area contributed by atoms with Crippen LogP contribution in [0.15, 0.2) is 47.3 Å². The molecule has 1 aromatic heterocycles. The molecule has 34 heavy (non-hydrogen) atoms. The van der Waals surface area contributed by atoms with Gasteiger partial charge in [-0.2, -0.15) is 13.2 Å². The summed E-state index contributed by atoms with van der Waals surface area (Å²) in [5.41, 5.74) is -2.63. The average Bonchev–Trinajstić information content (AvgIpc) is 2.76. The Kier molecular flexibility index (Phi) is 7.44. The molecule has 180 valence electrons. The van der Waals surface area contributed by atoms with Crippen molar-refractivity contribution in [3.8, 4) is 11.5 Å². The number of carbonyl (C=O) groups excluding carboxylic acids is 1. The summed E-state index contributed by atoms with van der Waals surface area (Å²) in [5, 5.41) is 21.3. The van der Waals surface area contributed by atoms with Gasteiger partial charge >= 0.3 is 12.1 Å². The Labute approximate surface area is 191 Å². The fourth-order valence-electron chi connectivity index (χ4n) is 3.24. The van der Waals surface area contributed by atoms with Crippen LogP contribution in [0.1, 0.15) is 41.6 Å². The maximum absolute atomic E-state index is 12.9. The number of halogens is 3. The fourth-order valence-corrected chi connectivity index (χ4v) is 3.24. The summed E-state index contributed by atoms with van der Waals surface area (Å²) in [6, 6.07) is 8.59. The Morgan fingerprint density at radius 2 is 1.74 bits per heavy atom. The van der Waals surface area contributed by atoms with E-state index in [0.717, 1.165) is 12.1 Å². The second-order valence-electron chi connectivity index (χ2n) is 7.47. The number of ether oxygens (including phenoxy) is 1.